The quantitative estimate of drug-likeness (QED) is 0.522. The fourth-order valence-electron chi connectivity index (χ4n) is 0.936. The van der Waals surface area contributed by atoms with Crippen molar-refractivity contribution in [2.24, 2.45) is 0 Å². The Morgan fingerprint density at radius 3 is 1.89 bits per heavy atom. The SMILES string of the molecule is O=C(O)C(F)(F)C(F)(F)C(=O)Oc1ccc(F)cc1. The molecular formula is C10H5F5O4. The van der Waals surface area contributed by atoms with Crippen molar-refractivity contribution < 1.29 is 41.4 Å². The fraction of sp³-hybridized carbons (Fsp3) is 0.200. The van der Waals surface area contributed by atoms with Crippen molar-refractivity contribution in [2.45, 2.75) is 11.8 Å². The van der Waals surface area contributed by atoms with Crippen molar-refractivity contribution >= 4 is 11.9 Å². The highest BCUT2D eigenvalue weighted by molar-refractivity contribution is 5.90. The Morgan fingerprint density at radius 1 is 1.00 bits per heavy atom. The Hall–Kier alpha value is -2.19. The van der Waals surface area contributed by atoms with Crippen molar-refractivity contribution in [3.63, 3.8) is 0 Å². The van der Waals surface area contributed by atoms with Crippen LogP contribution in [0, 0.1) is 5.82 Å². The summed E-state index contributed by atoms with van der Waals surface area (Å²) in [5.74, 6) is -18.5. The minimum absolute atomic E-state index is 0.632. The molecule has 0 saturated heterocycles. The molecule has 1 aromatic carbocycles. The first-order valence-electron chi connectivity index (χ1n) is 4.56. The average Bonchev–Trinajstić information content (AvgIpc) is 2.31. The molecule has 0 fully saturated rings. The van der Waals surface area contributed by atoms with Gasteiger partial charge in [-0.05, 0) is 24.3 Å². The van der Waals surface area contributed by atoms with Crippen LogP contribution in [0.2, 0.25) is 0 Å². The van der Waals surface area contributed by atoms with Gasteiger partial charge in [0.1, 0.15) is 11.6 Å². The van der Waals surface area contributed by atoms with Crippen LogP contribution in [0.25, 0.3) is 0 Å². The molecule has 4 nitrogen and oxygen atoms in total. The maximum atomic E-state index is 12.9. The zero-order chi connectivity index (χ0) is 14.8. The van der Waals surface area contributed by atoms with Crippen LogP contribution < -0.4 is 4.74 Å². The summed E-state index contributed by atoms with van der Waals surface area (Å²) >= 11 is 0. The first kappa shape index (κ1) is 14.9. The summed E-state index contributed by atoms with van der Waals surface area (Å²) in [6.45, 7) is 0. The van der Waals surface area contributed by atoms with Gasteiger partial charge < -0.3 is 9.84 Å². The van der Waals surface area contributed by atoms with Crippen molar-refractivity contribution in [1.29, 1.82) is 0 Å². The number of alkyl halides is 4. The maximum absolute atomic E-state index is 12.9. The molecule has 0 radical (unpaired) electrons. The monoisotopic (exact) mass is 284 g/mol. The summed E-state index contributed by atoms with van der Waals surface area (Å²) in [5, 5.41) is 7.94. The molecule has 0 spiro atoms. The summed E-state index contributed by atoms with van der Waals surface area (Å²) in [5.41, 5.74) is 0. The number of ether oxygens (including phenoxy) is 1. The molecule has 0 bridgehead atoms. The second-order valence-corrected chi connectivity index (χ2v) is 3.30. The normalized spacial score (nSPS) is 12.1. The third-order valence-corrected chi connectivity index (χ3v) is 1.94. The van der Waals surface area contributed by atoms with Crippen molar-refractivity contribution in [3.05, 3.63) is 30.1 Å². The van der Waals surface area contributed by atoms with Gasteiger partial charge in [-0.25, -0.2) is 14.0 Å². The Bertz CT molecular complexity index is 497. The van der Waals surface area contributed by atoms with Crippen LogP contribution in [0.3, 0.4) is 0 Å². The summed E-state index contributed by atoms with van der Waals surface area (Å²) in [6.07, 6.45) is 0. The summed E-state index contributed by atoms with van der Waals surface area (Å²) in [6, 6.07) is 2.94. The van der Waals surface area contributed by atoms with E-state index in [1.54, 1.807) is 0 Å². The molecule has 1 N–H and O–H groups in total. The fourth-order valence-corrected chi connectivity index (χ4v) is 0.936. The zero-order valence-electron chi connectivity index (χ0n) is 8.87. The van der Waals surface area contributed by atoms with Gasteiger partial charge in [0.25, 0.3) is 0 Å². The first-order chi connectivity index (χ1) is 8.59. The van der Waals surface area contributed by atoms with E-state index in [-0.39, 0.29) is 0 Å². The Morgan fingerprint density at radius 2 is 1.47 bits per heavy atom. The second-order valence-electron chi connectivity index (χ2n) is 3.30. The third kappa shape index (κ3) is 2.80. The smallest absolute Gasteiger partial charge is 0.416 e. The summed E-state index contributed by atoms with van der Waals surface area (Å²) in [4.78, 5) is 20.8. The minimum atomic E-state index is -5.62. The lowest BCUT2D eigenvalue weighted by Crippen LogP contribution is -2.53. The second kappa shape index (κ2) is 4.82. The number of rotatable bonds is 4. The molecule has 1 aromatic rings. The van der Waals surface area contributed by atoms with Crippen LogP contribution in [0.1, 0.15) is 0 Å². The highest BCUT2D eigenvalue weighted by Crippen LogP contribution is 2.35. The van der Waals surface area contributed by atoms with E-state index in [1.807, 2.05) is 0 Å². The topological polar surface area (TPSA) is 63.6 Å². The van der Waals surface area contributed by atoms with Gasteiger partial charge in [0.2, 0.25) is 0 Å². The largest absolute Gasteiger partial charge is 0.477 e. The zero-order valence-corrected chi connectivity index (χ0v) is 8.87. The lowest BCUT2D eigenvalue weighted by Gasteiger charge is -2.20. The van der Waals surface area contributed by atoms with Crippen LogP contribution >= 0.6 is 0 Å². The number of carbonyl (C=O) groups excluding carboxylic acids is 1. The summed E-state index contributed by atoms with van der Waals surface area (Å²) in [7, 11) is 0. The highest BCUT2D eigenvalue weighted by atomic mass is 19.3. The van der Waals surface area contributed by atoms with E-state index in [0.717, 1.165) is 24.3 Å². The summed E-state index contributed by atoms with van der Waals surface area (Å²) < 4.78 is 67.5. The predicted octanol–water partition coefficient (Wildman–Crippen LogP) is 2.09. The molecule has 0 aliphatic heterocycles. The number of benzene rings is 1. The standard InChI is InChI=1S/C10H5F5O4/c11-5-1-3-6(4-2-5)19-8(18)10(14,15)9(12,13)7(16)17/h1-4H,(H,16,17). The third-order valence-electron chi connectivity index (χ3n) is 1.94. The number of hydrogen-bond donors (Lipinski definition) is 1. The van der Waals surface area contributed by atoms with E-state index < -0.39 is 35.4 Å². The van der Waals surface area contributed by atoms with Gasteiger partial charge in [-0.3, -0.25) is 0 Å². The van der Waals surface area contributed by atoms with Crippen LogP contribution in [0.15, 0.2) is 24.3 Å². The maximum Gasteiger partial charge on any atom is 0.416 e. The van der Waals surface area contributed by atoms with Crippen molar-refractivity contribution in [2.75, 3.05) is 0 Å². The first-order valence-corrected chi connectivity index (χ1v) is 4.56. The highest BCUT2D eigenvalue weighted by Gasteiger charge is 2.68. The number of halogens is 5. The predicted molar refractivity (Wildman–Crippen MR) is 49.6 cm³/mol. The van der Waals surface area contributed by atoms with Gasteiger partial charge in [0.05, 0.1) is 0 Å². The molecule has 19 heavy (non-hydrogen) atoms. The minimum Gasteiger partial charge on any atom is -0.477 e. The van der Waals surface area contributed by atoms with Crippen LogP contribution in [0.4, 0.5) is 22.0 Å². The number of carboxylic acids is 1. The Kier molecular flexibility index (Phi) is 3.78. The van der Waals surface area contributed by atoms with Gasteiger partial charge in [-0.1, -0.05) is 0 Å². The van der Waals surface area contributed by atoms with Crippen molar-refractivity contribution in [3.8, 4) is 5.75 Å². The number of carboxylic acid groups (broad SMARTS) is 1. The van der Waals surface area contributed by atoms with Gasteiger partial charge >= 0.3 is 23.8 Å². The van der Waals surface area contributed by atoms with Crippen molar-refractivity contribution in [1.82, 2.24) is 0 Å². The van der Waals surface area contributed by atoms with E-state index in [4.69, 9.17) is 5.11 Å². The van der Waals surface area contributed by atoms with Gasteiger partial charge in [-0.2, -0.15) is 17.6 Å². The molecule has 104 valence electrons. The van der Waals surface area contributed by atoms with E-state index in [9.17, 15) is 31.5 Å². The molecule has 0 aliphatic rings. The van der Waals surface area contributed by atoms with Crippen LogP contribution in [-0.2, 0) is 9.59 Å². The lowest BCUT2D eigenvalue weighted by molar-refractivity contribution is -0.229. The molecule has 0 aromatic heterocycles. The van der Waals surface area contributed by atoms with Gasteiger partial charge in [0, 0.05) is 0 Å². The number of hydrogen-bond acceptors (Lipinski definition) is 3. The molecule has 0 aliphatic carbocycles. The Balaban J connectivity index is 2.94. The van der Waals surface area contributed by atoms with E-state index >= 15 is 0 Å². The Labute approximate surface area is 102 Å². The molecule has 9 heteroatoms. The average molecular weight is 284 g/mol. The van der Waals surface area contributed by atoms with E-state index in [1.165, 1.54) is 0 Å². The molecule has 1 rings (SSSR count). The molecule has 0 saturated carbocycles. The number of esters is 1. The molecular weight excluding hydrogens is 279 g/mol. The molecule has 0 atom stereocenters. The van der Waals surface area contributed by atoms with Gasteiger partial charge in [0.15, 0.2) is 0 Å². The van der Waals surface area contributed by atoms with E-state index in [0.29, 0.717) is 0 Å². The molecule has 0 heterocycles. The van der Waals surface area contributed by atoms with Crippen LogP contribution in [-0.4, -0.2) is 28.9 Å². The van der Waals surface area contributed by atoms with Gasteiger partial charge in [-0.15, -0.1) is 0 Å². The lowest BCUT2D eigenvalue weighted by atomic mass is 10.2. The van der Waals surface area contributed by atoms with Crippen LogP contribution in [0.5, 0.6) is 5.75 Å². The molecule has 0 amide bonds. The number of carbonyl (C=O) groups is 2. The van der Waals surface area contributed by atoms with E-state index in [2.05, 4.69) is 4.74 Å². The molecule has 0 unspecified atom stereocenters. The number of aliphatic carboxylic acids is 1.